The maximum atomic E-state index is 4.31. The van der Waals surface area contributed by atoms with Gasteiger partial charge >= 0.3 is 0 Å². The molecular formula is C12H17N5. The fraction of sp³-hybridized carbons (Fsp3) is 0.417. The SMILES string of the molecule is CCCNC(c1cnn(C)c1)c1ccncn1. The first-order valence-corrected chi connectivity index (χ1v) is 5.79. The molecular weight excluding hydrogens is 214 g/mol. The summed E-state index contributed by atoms with van der Waals surface area (Å²) in [4.78, 5) is 8.25. The molecule has 0 radical (unpaired) electrons. The number of aryl methyl sites for hydroxylation is 1. The Bertz CT molecular complexity index is 451. The molecule has 0 aliphatic carbocycles. The highest BCUT2D eigenvalue weighted by Gasteiger charge is 2.15. The lowest BCUT2D eigenvalue weighted by atomic mass is 10.1. The molecule has 2 aromatic rings. The predicted octanol–water partition coefficient (Wildman–Crippen LogP) is 1.30. The molecule has 0 aliphatic heterocycles. The van der Waals surface area contributed by atoms with Crippen LogP contribution < -0.4 is 5.32 Å². The molecule has 17 heavy (non-hydrogen) atoms. The number of hydrogen-bond donors (Lipinski definition) is 1. The Morgan fingerprint density at radius 1 is 1.47 bits per heavy atom. The molecule has 0 saturated heterocycles. The van der Waals surface area contributed by atoms with Crippen LogP contribution in [0.5, 0.6) is 0 Å². The van der Waals surface area contributed by atoms with E-state index in [2.05, 4.69) is 27.3 Å². The van der Waals surface area contributed by atoms with Crippen molar-refractivity contribution >= 4 is 0 Å². The maximum Gasteiger partial charge on any atom is 0.115 e. The zero-order chi connectivity index (χ0) is 12.1. The van der Waals surface area contributed by atoms with Crippen molar-refractivity contribution < 1.29 is 0 Å². The molecule has 2 rings (SSSR count). The lowest BCUT2D eigenvalue weighted by Gasteiger charge is -2.16. The van der Waals surface area contributed by atoms with E-state index in [4.69, 9.17) is 0 Å². The molecule has 5 heteroatoms. The second-order valence-electron chi connectivity index (χ2n) is 3.97. The molecule has 1 unspecified atom stereocenters. The first-order chi connectivity index (χ1) is 8.31. The number of rotatable bonds is 5. The van der Waals surface area contributed by atoms with Crippen LogP contribution in [0.2, 0.25) is 0 Å². The van der Waals surface area contributed by atoms with Crippen LogP contribution in [0.25, 0.3) is 0 Å². The van der Waals surface area contributed by atoms with Crippen LogP contribution in [-0.4, -0.2) is 26.3 Å². The van der Waals surface area contributed by atoms with Crippen LogP contribution >= 0.6 is 0 Å². The lowest BCUT2D eigenvalue weighted by Crippen LogP contribution is -2.23. The smallest absolute Gasteiger partial charge is 0.115 e. The summed E-state index contributed by atoms with van der Waals surface area (Å²) in [5.74, 6) is 0. The topological polar surface area (TPSA) is 55.6 Å². The molecule has 1 N–H and O–H groups in total. The van der Waals surface area contributed by atoms with Gasteiger partial charge in [-0.25, -0.2) is 9.97 Å². The highest BCUT2D eigenvalue weighted by Crippen LogP contribution is 2.18. The van der Waals surface area contributed by atoms with Crippen LogP contribution in [0.3, 0.4) is 0 Å². The van der Waals surface area contributed by atoms with Crippen molar-refractivity contribution in [2.75, 3.05) is 6.54 Å². The fourth-order valence-electron chi connectivity index (χ4n) is 1.74. The minimum absolute atomic E-state index is 0.0895. The second kappa shape index (κ2) is 5.54. The van der Waals surface area contributed by atoms with Crippen LogP contribution in [0.1, 0.15) is 30.6 Å². The second-order valence-corrected chi connectivity index (χ2v) is 3.97. The van der Waals surface area contributed by atoms with Crippen LogP contribution in [0.4, 0.5) is 0 Å². The molecule has 2 heterocycles. The normalized spacial score (nSPS) is 12.6. The van der Waals surface area contributed by atoms with Gasteiger partial charge in [-0.15, -0.1) is 0 Å². The Labute approximate surface area is 101 Å². The van der Waals surface area contributed by atoms with Gasteiger partial charge in [0.2, 0.25) is 0 Å². The van der Waals surface area contributed by atoms with Gasteiger partial charge < -0.3 is 5.32 Å². The quantitative estimate of drug-likeness (QED) is 0.842. The minimum atomic E-state index is 0.0895. The van der Waals surface area contributed by atoms with Gasteiger partial charge in [0.15, 0.2) is 0 Å². The van der Waals surface area contributed by atoms with Crippen molar-refractivity contribution in [1.29, 1.82) is 0 Å². The zero-order valence-corrected chi connectivity index (χ0v) is 10.2. The van der Waals surface area contributed by atoms with Crippen molar-refractivity contribution in [2.24, 2.45) is 7.05 Å². The summed E-state index contributed by atoms with van der Waals surface area (Å²) in [7, 11) is 1.92. The zero-order valence-electron chi connectivity index (χ0n) is 10.2. The summed E-state index contributed by atoms with van der Waals surface area (Å²) < 4.78 is 1.80. The van der Waals surface area contributed by atoms with Gasteiger partial charge in [0.05, 0.1) is 17.9 Å². The first-order valence-electron chi connectivity index (χ1n) is 5.79. The third kappa shape index (κ3) is 2.88. The Hall–Kier alpha value is -1.75. The summed E-state index contributed by atoms with van der Waals surface area (Å²) in [6.45, 7) is 3.09. The Balaban J connectivity index is 2.25. The molecule has 5 nitrogen and oxygen atoms in total. The van der Waals surface area contributed by atoms with E-state index in [1.54, 1.807) is 17.2 Å². The lowest BCUT2D eigenvalue weighted by molar-refractivity contribution is 0.584. The molecule has 1 atom stereocenters. The summed E-state index contributed by atoms with van der Waals surface area (Å²) >= 11 is 0. The average Bonchev–Trinajstić information content (AvgIpc) is 2.78. The van der Waals surface area contributed by atoms with E-state index >= 15 is 0 Å². The van der Waals surface area contributed by atoms with Gasteiger partial charge in [-0.3, -0.25) is 4.68 Å². The van der Waals surface area contributed by atoms with Gasteiger partial charge in [-0.2, -0.15) is 5.10 Å². The van der Waals surface area contributed by atoms with Crippen LogP contribution in [0.15, 0.2) is 31.0 Å². The van der Waals surface area contributed by atoms with Crippen molar-refractivity contribution in [2.45, 2.75) is 19.4 Å². The molecule has 0 spiro atoms. The predicted molar refractivity (Wildman–Crippen MR) is 65.4 cm³/mol. The molecule has 0 amide bonds. The van der Waals surface area contributed by atoms with Crippen molar-refractivity contribution in [3.63, 3.8) is 0 Å². The van der Waals surface area contributed by atoms with Gasteiger partial charge in [0.25, 0.3) is 0 Å². The Kier molecular flexibility index (Phi) is 3.82. The van der Waals surface area contributed by atoms with Gasteiger partial charge in [0, 0.05) is 25.0 Å². The molecule has 0 aromatic carbocycles. The molecule has 90 valence electrons. The van der Waals surface area contributed by atoms with E-state index < -0.39 is 0 Å². The number of hydrogen-bond acceptors (Lipinski definition) is 4. The van der Waals surface area contributed by atoms with E-state index in [0.717, 1.165) is 24.2 Å². The summed E-state index contributed by atoms with van der Waals surface area (Å²) in [5.41, 5.74) is 2.10. The standard InChI is InChI=1S/C12H17N5/c1-3-5-14-12(10-7-16-17(2)8-10)11-4-6-13-9-15-11/h4,6-9,12,14H,3,5H2,1-2H3. The van der Waals surface area contributed by atoms with Crippen molar-refractivity contribution in [3.8, 4) is 0 Å². The minimum Gasteiger partial charge on any atom is -0.305 e. The van der Waals surface area contributed by atoms with Gasteiger partial charge in [-0.05, 0) is 19.0 Å². The number of nitrogens with one attached hydrogen (secondary N) is 1. The largest absolute Gasteiger partial charge is 0.305 e. The van der Waals surface area contributed by atoms with Gasteiger partial charge in [0.1, 0.15) is 6.33 Å². The van der Waals surface area contributed by atoms with Crippen molar-refractivity contribution in [3.05, 3.63) is 42.2 Å². The molecule has 0 fully saturated rings. The summed E-state index contributed by atoms with van der Waals surface area (Å²) in [5, 5.41) is 7.68. The third-order valence-corrected chi connectivity index (χ3v) is 2.56. The highest BCUT2D eigenvalue weighted by atomic mass is 15.2. The molecule has 0 bridgehead atoms. The number of aromatic nitrogens is 4. The summed E-state index contributed by atoms with van der Waals surface area (Å²) in [6.07, 6.45) is 8.30. The summed E-state index contributed by atoms with van der Waals surface area (Å²) in [6, 6.07) is 2.02. The molecule has 0 saturated carbocycles. The van der Waals surface area contributed by atoms with E-state index in [-0.39, 0.29) is 6.04 Å². The Morgan fingerprint density at radius 2 is 2.35 bits per heavy atom. The number of nitrogens with zero attached hydrogens (tertiary/aromatic N) is 4. The van der Waals surface area contributed by atoms with Gasteiger partial charge in [-0.1, -0.05) is 6.92 Å². The average molecular weight is 231 g/mol. The monoisotopic (exact) mass is 231 g/mol. The van der Waals surface area contributed by atoms with Crippen molar-refractivity contribution in [1.82, 2.24) is 25.1 Å². The Morgan fingerprint density at radius 3 is 2.94 bits per heavy atom. The molecule has 2 aromatic heterocycles. The van der Waals surface area contributed by atoms with E-state index in [1.165, 1.54) is 0 Å². The molecule has 0 aliphatic rings. The van der Waals surface area contributed by atoms with E-state index in [1.807, 2.05) is 25.5 Å². The fourth-order valence-corrected chi connectivity index (χ4v) is 1.74. The maximum absolute atomic E-state index is 4.31. The van der Waals surface area contributed by atoms with Crippen LogP contribution in [-0.2, 0) is 7.05 Å². The highest BCUT2D eigenvalue weighted by molar-refractivity contribution is 5.22. The first kappa shape index (κ1) is 11.7. The van der Waals surface area contributed by atoms with Crippen LogP contribution in [0, 0.1) is 0 Å². The third-order valence-electron chi connectivity index (χ3n) is 2.56. The van der Waals surface area contributed by atoms with E-state index in [0.29, 0.717) is 0 Å². The van der Waals surface area contributed by atoms with E-state index in [9.17, 15) is 0 Å².